The lowest BCUT2D eigenvalue weighted by Gasteiger charge is -2.34. The van der Waals surface area contributed by atoms with E-state index >= 15 is 0 Å². The zero-order valence-corrected chi connectivity index (χ0v) is 24.4. The summed E-state index contributed by atoms with van der Waals surface area (Å²) < 4.78 is 0. The van der Waals surface area contributed by atoms with Crippen molar-refractivity contribution in [1.29, 1.82) is 15.8 Å². The van der Waals surface area contributed by atoms with Crippen LogP contribution in [-0.4, -0.2) is 23.9 Å². The van der Waals surface area contributed by atoms with Crippen LogP contribution in [0.15, 0.2) is 84.8 Å². The van der Waals surface area contributed by atoms with Gasteiger partial charge in [-0.3, -0.25) is 9.99 Å². The molecule has 1 aliphatic heterocycles. The van der Waals surface area contributed by atoms with Gasteiger partial charge in [0.25, 0.3) is 0 Å². The van der Waals surface area contributed by atoms with Gasteiger partial charge in [-0.1, -0.05) is 54.1 Å². The first-order chi connectivity index (χ1) is 21.4. The van der Waals surface area contributed by atoms with E-state index in [1.165, 1.54) is 6.20 Å². The number of anilines is 2. The van der Waals surface area contributed by atoms with Crippen molar-refractivity contribution >= 4 is 41.7 Å². The first-order valence-corrected chi connectivity index (χ1v) is 14.6. The Labute approximate surface area is 262 Å². The monoisotopic (exact) mass is 595 g/mol. The maximum absolute atomic E-state index is 10.1. The molecule has 4 aromatic rings. The number of hydrazine groups is 2. The number of nitrogens with zero attached hydrogens (tertiary/aromatic N) is 5. The third-order valence-electron chi connectivity index (χ3n) is 7.85. The molecule has 11 heteroatoms. The highest BCUT2D eigenvalue weighted by molar-refractivity contribution is 6.36. The Balaban J connectivity index is 1.45. The summed E-state index contributed by atoms with van der Waals surface area (Å²) in [6.07, 6.45) is 6.46. The maximum Gasteiger partial charge on any atom is 0.119 e. The van der Waals surface area contributed by atoms with Gasteiger partial charge < -0.3 is 16.1 Å². The zero-order valence-electron chi connectivity index (χ0n) is 23.7. The minimum Gasteiger partial charge on any atom is -0.378 e. The number of nitriles is 3. The molecule has 1 aliphatic carbocycles. The molecule has 214 valence electrons. The summed E-state index contributed by atoms with van der Waals surface area (Å²) in [6, 6.07) is 27.4. The molecule has 2 atom stereocenters. The molecule has 0 amide bonds. The van der Waals surface area contributed by atoms with E-state index in [4.69, 9.17) is 19.4 Å². The highest BCUT2D eigenvalue weighted by atomic mass is 35.5. The second kappa shape index (κ2) is 12.2. The smallest absolute Gasteiger partial charge is 0.119 e. The van der Waals surface area contributed by atoms with Crippen LogP contribution in [0.4, 0.5) is 11.4 Å². The van der Waals surface area contributed by atoms with Gasteiger partial charge in [-0.05, 0) is 54.7 Å². The van der Waals surface area contributed by atoms with Crippen LogP contribution in [0, 0.1) is 34.0 Å². The highest BCUT2D eigenvalue weighted by Crippen LogP contribution is 2.39. The summed E-state index contributed by atoms with van der Waals surface area (Å²) in [4.78, 5) is 4.50. The molecule has 2 aliphatic rings. The topological polar surface area (TPSA) is 136 Å². The van der Waals surface area contributed by atoms with Crippen molar-refractivity contribution in [3.05, 3.63) is 112 Å². The fourth-order valence-corrected chi connectivity index (χ4v) is 5.67. The fourth-order valence-electron chi connectivity index (χ4n) is 5.40. The molecule has 1 unspecified atom stereocenters. The molecule has 0 saturated heterocycles. The van der Waals surface area contributed by atoms with E-state index in [2.05, 4.69) is 44.8 Å². The zero-order chi connectivity index (χ0) is 30.7. The number of pyridine rings is 1. The van der Waals surface area contributed by atoms with E-state index in [0.717, 1.165) is 18.4 Å². The molecule has 0 bridgehead atoms. The summed E-state index contributed by atoms with van der Waals surface area (Å²) >= 11 is 6.83. The van der Waals surface area contributed by atoms with E-state index in [9.17, 15) is 15.8 Å². The van der Waals surface area contributed by atoms with Gasteiger partial charge in [-0.2, -0.15) is 15.8 Å². The van der Waals surface area contributed by atoms with Crippen LogP contribution >= 0.6 is 11.6 Å². The van der Waals surface area contributed by atoms with Crippen LogP contribution < -0.4 is 21.6 Å². The van der Waals surface area contributed by atoms with E-state index in [0.29, 0.717) is 68.6 Å². The molecule has 2 radical (unpaired) electrons. The van der Waals surface area contributed by atoms with Gasteiger partial charge in [-0.15, -0.1) is 5.53 Å². The Morgan fingerprint density at radius 2 is 1.89 bits per heavy atom. The summed E-state index contributed by atoms with van der Waals surface area (Å²) in [6.45, 7) is 0. The molecule has 0 spiro atoms. The molecule has 6 rings (SSSR count). The third-order valence-corrected chi connectivity index (χ3v) is 8.14. The van der Waals surface area contributed by atoms with E-state index in [1.807, 2.05) is 53.7 Å². The Hall–Kier alpha value is -5.21. The Kier molecular flexibility index (Phi) is 8.00. The van der Waals surface area contributed by atoms with Crippen LogP contribution in [0.3, 0.4) is 0 Å². The van der Waals surface area contributed by atoms with Crippen LogP contribution in [0.25, 0.3) is 10.9 Å². The second-order valence-electron chi connectivity index (χ2n) is 10.9. The quantitative estimate of drug-likeness (QED) is 0.166. The van der Waals surface area contributed by atoms with Crippen molar-refractivity contribution in [2.75, 3.05) is 10.6 Å². The number of benzene rings is 3. The molecule has 44 heavy (non-hydrogen) atoms. The Morgan fingerprint density at radius 3 is 2.61 bits per heavy atom. The Morgan fingerprint density at radius 1 is 1.07 bits per heavy atom. The van der Waals surface area contributed by atoms with Crippen LogP contribution in [0.1, 0.15) is 54.0 Å². The normalized spacial score (nSPS) is 16.0. The van der Waals surface area contributed by atoms with Crippen molar-refractivity contribution in [1.82, 2.24) is 21.0 Å². The van der Waals surface area contributed by atoms with Gasteiger partial charge in [-0.25, -0.2) is 0 Å². The lowest BCUT2D eigenvalue weighted by atomic mass is 9.69. The van der Waals surface area contributed by atoms with Crippen LogP contribution in [0.2, 0.25) is 5.02 Å². The van der Waals surface area contributed by atoms with E-state index < -0.39 is 5.44 Å². The molecule has 1 saturated carbocycles. The van der Waals surface area contributed by atoms with Crippen molar-refractivity contribution in [2.45, 2.75) is 43.2 Å². The average Bonchev–Trinajstić information content (AvgIpc) is 3.78. The molecule has 3 aromatic carbocycles. The van der Waals surface area contributed by atoms with Gasteiger partial charge in [0, 0.05) is 35.9 Å². The lowest BCUT2D eigenvalue weighted by Crippen LogP contribution is -2.45. The fraction of sp³-hybridized carbons (Fsp3) is 0.212. The molecule has 9 nitrogen and oxygen atoms in total. The van der Waals surface area contributed by atoms with Gasteiger partial charge in [0.1, 0.15) is 13.9 Å². The van der Waals surface area contributed by atoms with Crippen LogP contribution in [-0.2, 0) is 5.44 Å². The Bertz CT molecular complexity index is 1870. The standard InChI is InChI=1S/C33H27BClN9/c34-33(24-9-4-6-21(14-24)17-37,30-20-44(43-42-30)26-11-12-26)41-25-15-27-31(23(18-38)19-39-32(27)28(35)16-25)40-29(10-5-13-36)22-7-2-1-3-8-22/h1-4,6-9,14-16,19-20,26,29,41-43H,5,10-12H2,(H,39,40)/t29-,33?/m1/s1. The molecule has 1 fully saturated rings. The van der Waals surface area contributed by atoms with Crippen LogP contribution in [0.5, 0.6) is 0 Å². The SMILES string of the molecule is [B]C(Nc1cc(Cl)c2ncc(C#N)c(N[C@H](CCC#N)c3ccccc3)c2c1)(C1=CN(C2CC2)NN1)c1cccc(C#N)c1. The first kappa shape index (κ1) is 28.9. The van der Waals surface area contributed by atoms with Crippen molar-refractivity contribution in [3.8, 4) is 18.2 Å². The van der Waals surface area contributed by atoms with Gasteiger partial charge >= 0.3 is 0 Å². The average molecular weight is 596 g/mol. The van der Waals surface area contributed by atoms with Crippen molar-refractivity contribution < 1.29 is 0 Å². The van der Waals surface area contributed by atoms with E-state index in [-0.39, 0.29) is 6.04 Å². The molecular weight excluding hydrogens is 569 g/mol. The first-order valence-electron chi connectivity index (χ1n) is 14.2. The number of hydrogen-bond acceptors (Lipinski definition) is 9. The lowest BCUT2D eigenvalue weighted by molar-refractivity contribution is 0.260. The summed E-state index contributed by atoms with van der Waals surface area (Å²) in [7, 11) is 7.19. The summed E-state index contributed by atoms with van der Waals surface area (Å²) in [5.41, 5.74) is 9.85. The molecular formula is C33H27BClN9. The third kappa shape index (κ3) is 5.72. The maximum atomic E-state index is 10.1. The minimum absolute atomic E-state index is 0.237. The number of hydrogen-bond donors (Lipinski definition) is 4. The number of nitrogens with one attached hydrogen (secondary N) is 4. The van der Waals surface area contributed by atoms with Gasteiger partial charge in [0.15, 0.2) is 0 Å². The molecule has 4 N–H and O–H groups in total. The van der Waals surface area contributed by atoms with Gasteiger partial charge in [0.2, 0.25) is 0 Å². The predicted molar refractivity (Wildman–Crippen MR) is 171 cm³/mol. The van der Waals surface area contributed by atoms with Crippen molar-refractivity contribution in [3.63, 3.8) is 0 Å². The predicted octanol–water partition coefficient (Wildman–Crippen LogP) is 5.85. The summed E-state index contributed by atoms with van der Waals surface area (Å²) in [5, 5.41) is 39.0. The van der Waals surface area contributed by atoms with Crippen molar-refractivity contribution in [2.24, 2.45) is 0 Å². The number of fused-ring (bicyclic) bond motifs is 1. The largest absolute Gasteiger partial charge is 0.378 e. The second-order valence-corrected chi connectivity index (χ2v) is 11.3. The number of halogens is 1. The molecule has 1 aromatic heterocycles. The number of rotatable bonds is 10. The van der Waals surface area contributed by atoms with E-state index in [1.54, 1.807) is 24.3 Å². The number of aromatic nitrogens is 1. The highest BCUT2D eigenvalue weighted by Gasteiger charge is 2.38. The summed E-state index contributed by atoms with van der Waals surface area (Å²) in [5.74, 6) is 0. The minimum atomic E-state index is -1.30. The molecule has 2 heterocycles. The van der Waals surface area contributed by atoms with Gasteiger partial charge in [0.05, 0.1) is 56.7 Å².